The van der Waals surface area contributed by atoms with Gasteiger partial charge in [0.25, 0.3) is 0 Å². The minimum absolute atomic E-state index is 0.122. The lowest BCUT2D eigenvalue weighted by Crippen LogP contribution is -3.28. The number of tetrazole rings is 1. The van der Waals surface area contributed by atoms with Gasteiger partial charge in [-0.15, -0.1) is 5.10 Å². The minimum atomic E-state index is 0.122. The summed E-state index contributed by atoms with van der Waals surface area (Å²) in [7, 11) is 0. The summed E-state index contributed by atoms with van der Waals surface area (Å²) in [5, 5.41) is 13.5. The zero-order valence-corrected chi connectivity index (χ0v) is 16.7. The number of aromatic nitrogens is 4. The first-order valence-electron chi connectivity index (χ1n) is 10.1. The van der Waals surface area contributed by atoms with Gasteiger partial charge < -0.3 is 14.5 Å². The van der Waals surface area contributed by atoms with Crippen molar-refractivity contribution >= 4 is 11.6 Å². The summed E-state index contributed by atoms with van der Waals surface area (Å²) in [6.45, 7) is 9.62. The third-order valence-electron chi connectivity index (χ3n) is 5.93. The quantitative estimate of drug-likeness (QED) is 0.689. The summed E-state index contributed by atoms with van der Waals surface area (Å²) < 4.78 is 7.77. The molecule has 3 heterocycles. The van der Waals surface area contributed by atoms with Gasteiger partial charge in [0.05, 0.1) is 19.2 Å². The number of nitrogens with one attached hydrogen (secondary N) is 2. The highest BCUT2D eigenvalue weighted by Crippen LogP contribution is 2.21. The maximum Gasteiger partial charge on any atom is 0.214 e. The lowest BCUT2D eigenvalue weighted by atomic mass is 10.0. The molecule has 8 heteroatoms. The Balaban J connectivity index is 1.62. The molecule has 0 radical (unpaired) electrons. The van der Waals surface area contributed by atoms with Crippen LogP contribution in [0.15, 0.2) is 24.3 Å². The first-order valence-corrected chi connectivity index (χ1v) is 10.4. The van der Waals surface area contributed by atoms with Crippen molar-refractivity contribution in [1.29, 1.82) is 0 Å². The van der Waals surface area contributed by atoms with Crippen LogP contribution in [0.1, 0.15) is 37.2 Å². The van der Waals surface area contributed by atoms with Crippen molar-refractivity contribution in [3.05, 3.63) is 40.7 Å². The Morgan fingerprint density at radius 3 is 2.67 bits per heavy atom. The number of ether oxygens (including phenoxy) is 1. The van der Waals surface area contributed by atoms with Crippen molar-refractivity contribution < 1.29 is 14.5 Å². The topological polar surface area (TPSA) is 61.7 Å². The fraction of sp³-hybridized carbons (Fsp3) is 0.632. The van der Waals surface area contributed by atoms with Crippen LogP contribution in [0.4, 0.5) is 0 Å². The van der Waals surface area contributed by atoms with E-state index in [0.717, 1.165) is 49.9 Å². The predicted octanol–water partition coefficient (Wildman–Crippen LogP) is -0.602. The first kappa shape index (κ1) is 18.8. The third-order valence-corrected chi connectivity index (χ3v) is 6.18. The molecular weight excluding hydrogens is 364 g/mol. The molecule has 1 aromatic heterocycles. The van der Waals surface area contributed by atoms with Gasteiger partial charge in [-0.2, -0.15) is 0 Å². The van der Waals surface area contributed by atoms with Gasteiger partial charge in [-0.25, -0.2) is 4.68 Å². The van der Waals surface area contributed by atoms with E-state index in [2.05, 4.69) is 34.6 Å². The van der Waals surface area contributed by atoms with Gasteiger partial charge in [-0.1, -0.05) is 23.7 Å². The lowest BCUT2D eigenvalue weighted by molar-refractivity contribution is -1.02. The highest BCUT2D eigenvalue weighted by atomic mass is 35.5. The molecule has 2 aliphatic rings. The van der Waals surface area contributed by atoms with E-state index in [1.165, 1.54) is 30.1 Å². The Hall–Kier alpha value is -1.54. The van der Waals surface area contributed by atoms with Gasteiger partial charge in [0.1, 0.15) is 26.2 Å². The van der Waals surface area contributed by atoms with Crippen molar-refractivity contribution in [3.8, 4) is 0 Å². The van der Waals surface area contributed by atoms with Crippen LogP contribution >= 0.6 is 11.6 Å². The van der Waals surface area contributed by atoms with Crippen LogP contribution in [0.5, 0.6) is 0 Å². The van der Waals surface area contributed by atoms with Crippen molar-refractivity contribution in [2.75, 3.05) is 39.3 Å². The van der Waals surface area contributed by atoms with Crippen molar-refractivity contribution in [1.82, 2.24) is 20.2 Å². The average molecular weight is 393 g/mol. The van der Waals surface area contributed by atoms with Crippen molar-refractivity contribution in [2.24, 2.45) is 0 Å². The van der Waals surface area contributed by atoms with E-state index in [1.54, 1.807) is 4.90 Å². The minimum Gasteiger partial charge on any atom is -0.376 e. The van der Waals surface area contributed by atoms with Crippen LogP contribution in [0.3, 0.4) is 0 Å². The summed E-state index contributed by atoms with van der Waals surface area (Å²) in [4.78, 5) is 3.20. The maximum atomic E-state index is 6.14. The van der Waals surface area contributed by atoms with Gasteiger partial charge in [0.2, 0.25) is 5.82 Å². The molecular formula is C19H29ClN6O+2. The molecule has 2 N–H and O–H groups in total. The molecule has 2 fully saturated rings. The van der Waals surface area contributed by atoms with Crippen LogP contribution in [-0.2, 0) is 11.3 Å². The average Bonchev–Trinajstić information content (AvgIpc) is 3.37. The Morgan fingerprint density at radius 1 is 1.22 bits per heavy atom. The van der Waals surface area contributed by atoms with Crippen LogP contribution in [0.25, 0.3) is 0 Å². The summed E-state index contributed by atoms with van der Waals surface area (Å²) >= 11 is 6.14. The predicted molar refractivity (Wildman–Crippen MR) is 102 cm³/mol. The van der Waals surface area contributed by atoms with E-state index in [4.69, 9.17) is 16.3 Å². The first-order chi connectivity index (χ1) is 13.2. The number of nitrogens with zero attached hydrogens (tertiary/aromatic N) is 4. The van der Waals surface area contributed by atoms with Gasteiger partial charge in [0.15, 0.2) is 6.04 Å². The summed E-state index contributed by atoms with van der Waals surface area (Å²) in [5.74, 6) is 0.933. The molecule has 27 heavy (non-hydrogen) atoms. The molecule has 0 bridgehead atoms. The zero-order valence-electron chi connectivity index (χ0n) is 15.9. The largest absolute Gasteiger partial charge is 0.376 e. The monoisotopic (exact) mass is 392 g/mol. The molecule has 146 valence electrons. The zero-order chi connectivity index (χ0) is 18.6. The van der Waals surface area contributed by atoms with Gasteiger partial charge in [-0.3, -0.25) is 0 Å². The Kier molecular flexibility index (Phi) is 6.02. The summed E-state index contributed by atoms with van der Waals surface area (Å²) in [5.41, 5.74) is 1.22. The standard InChI is InChI=1S/C19H27ClN6O/c1-2-24-9-11-25(12-10-24)18(15-5-7-16(20)8-6-15)19-21-22-23-26(19)14-17-4-3-13-27-17/h5-8,17-18H,2-4,9-14H2,1H3/p+2/t17-,18+/m0/s1. The highest BCUT2D eigenvalue weighted by molar-refractivity contribution is 6.30. The van der Waals surface area contributed by atoms with E-state index >= 15 is 0 Å². The summed E-state index contributed by atoms with van der Waals surface area (Å²) in [6.07, 6.45) is 2.42. The number of hydrogen-bond acceptors (Lipinski definition) is 4. The second-order valence-corrected chi connectivity index (χ2v) is 8.04. The van der Waals surface area contributed by atoms with Gasteiger partial charge in [-0.05, 0) is 42.3 Å². The molecule has 2 aliphatic heterocycles. The number of hydrogen-bond donors (Lipinski definition) is 2. The molecule has 0 saturated carbocycles. The Labute approximate surface area is 165 Å². The molecule has 0 unspecified atom stereocenters. The maximum absolute atomic E-state index is 6.14. The van der Waals surface area contributed by atoms with Gasteiger partial charge >= 0.3 is 0 Å². The number of likely N-dealkylation sites (N-methyl/N-ethyl adjacent to an activating group) is 1. The molecule has 4 rings (SSSR count). The molecule has 0 amide bonds. The Morgan fingerprint density at radius 2 is 2.00 bits per heavy atom. The van der Waals surface area contributed by atoms with Crippen LogP contribution in [0.2, 0.25) is 5.02 Å². The molecule has 0 aliphatic carbocycles. The third kappa shape index (κ3) is 4.32. The van der Waals surface area contributed by atoms with E-state index < -0.39 is 0 Å². The van der Waals surface area contributed by atoms with E-state index in [0.29, 0.717) is 0 Å². The molecule has 2 aromatic rings. The Bertz CT molecular complexity index is 722. The molecule has 2 atom stereocenters. The smallest absolute Gasteiger partial charge is 0.214 e. The molecule has 7 nitrogen and oxygen atoms in total. The second kappa shape index (κ2) is 8.65. The number of rotatable bonds is 6. The molecule has 2 saturated heterocycles. The van der Waals surface area contributed by atoms with Gasteiger partial charge in [0, 0.05) is 17.2 Å². The SMILES string of the molecule is CC[NH+]1CC[NH+]([C@H](c2ccc(Cl)cc2)c2nnnn2C[C@@H]2CCCO2)CC1. The molecule has 0 spiro atoms. The second-order valence-electron chi connectivity index (χ2n) is 7.60. The van der Waals surface area contributed by atoms with Crippen molar-refractivity contribution in [3.63, 3.8) is 0 Å². The summed E-state index contributed by atoms with van der Waals surface area (Å²) in [6, 6.07) is 8.28. The highest BCUT2D eigenvalue weighted by Gasteiger charge is 2.35. The number of quaternary nitrogens is 2. The number of piperazine rings is 1. The lowest BCUT2D eigenvalue weighted by Gasteiger charge is -2.34. The van der Waals surface area contributed by atoms with E-state index in [1.807, 2.05) is 16.8 Å². The van der Waals surface area contributed by atoms with E-state index in [-0.39, 0.29) is 12.1 Å². The van der Waals surface area contributed by atoms with Crippen LogP contribution < -0.4 is 9.80 Å². The fourth-order valence-electron chi connectivity index (χ4n) is 4.32. The molecule has 1 aromatic carbocycles. The van der Waals surface area contributed by atoms with Crippen LogP contribution in [0, 0.1) is 0 Å². The van der Waals surface area contributed by atoms with E-state index in [9.17, 15) is 0 Å². The number of benzene rings is 1. The normalized spacial score (nSPS) is 27.0. The number of halogens is 1. The fourth-order valence-corrected chi connectivity index (χ4v) is 4.45. The van der Waals surface area contributed by atoms with Crippen LogP contribution in [-0.4, -0.2) is 65.6 Å². The van der Waals surface area contributed by atoms with Crippen molar-refractivity contribution in [2.45, 2.75) is 38.5 Å².